The van der Waals surface area contributed by atoms with Gasteiger partial charge in [0.15, 0.2) is 0 Å². The van der Waals surface area contributed by atoms with Crippen LogP contribution in [0.3, 0.4) is 0 Å². The van der Waals surface area contributed by atoms with Gasteiger partial charge in [0, 0.05) is 56.0 Å². The largest absolute Gasteiger partial charge is 0.408 e. The molecule has 1 fully saturated rings. The van der Waals surface area contributed by atoms with Crippen molar-refractivity contribution >= 4 is 22.8 Å². The molecule has 0 aliphatic carbocycles. The first-order valence-electron chi connectivity index (χ1n) is 9.09. The second kappa shape index (κ2) is 6.75. The highest BCUT2D eigenvalue weighted by atomic mass is 19.4. The molecule has 4 heterocycles. The highest BCUT2D eigenvalue weighted by Crippen LogP contribution is 2.42. The molecule has 1 saturated heterocycles. The van der Waals surface area contributed by atoms with E-state index in [0.29, 0.717) is 35.2 Å². The number of fused-ring (bicyclic) bond motifs is 1. The standard InChI is InChI=1S/C18H20F3N7O/c1-10(29)27-4-3-11(6-27)15-13(12-5-25-28(7-12)8-18(19,20)21)14-16(22)23-9-24-17(14)26(15)2/h5,7,9,11H,3-4,6,8H2,1-2H3,(H2,22,23,24). The Balaban J connectivity index is 1.87. The molecule has 2 N–H and O–H groups in total. The molecule has 154 valence electrons. The van der Waals surface area contributed by atoms with Crippen molar-refractivity contribution in [1.82, 2.24) is 29.2 Å². The molecule has 1 amide bonds. The van der Waals surface area contributed by atoms with E-state index >= 15 is 0 Å². The van der Waals surface area contributed by atoms with E-state index in [1.807, 2.05) is 11.6 Å². The number of carbonyl (C=O) groups is 1. The SMILES string of the molecule is CC(=O)N1CCC(c2c(-c3cnn(CC(F)(F)F)c3)c3c(N)ncnc3n2C)C1. The van der Waals surface area contributed by atoms with E-state index < -0.39 is 12.7 Å². The van der Waals surface area contributed by atoms with Crippen molar-refractivity contribution < 1.29 is 18.0 Å². The summed E-state index contributed by atoms with van der Waals surface area (Å²) in [7, 11) is 1.84. The van der Waals surface area contributed by atoms with Gasteiger partial charge in [0.05, 0.1) is 11.6 Å². The van der Waals surface area contributed by atoms with E-state index in [4.69, 9.17) is 5.73 Å². The van der Waals surface area contributed by atoms with Gasteiger partial charge in [-0.1, -0.05) is 0 Å². The number of likely N-dealkylation sites (tertiary alicyclic amines) is 1. The van der Waals surface area contributed by atoms with Crippen LogP contribution < -0.4 is 5.73 Å². The molecule has 8 nitrogen and oxygen atoms in total. The van der Waals surface area contributed by atoms with Gasteiger partial charge in [-0.2, -0.15) is 18.3 Å². The molecule has 0 saturated carbocycles. The second-order valence-electron chi connectivity index (χ2n) is 7.27. The fourth-order valence-electron chi connectivity index (χ4n) is 4.10. The Morgan fingerprint density at radius 2 is 2.10 bits per heavy atom. The summed E-state index contributed by atoms with van der Waals surface area (Å²) in [5.74, 6) is 0.237. The van der Waals surface area contributed by atoms with Gasteiger partial charge < -0.3 is 15.2 Å². The Labute approximate surface area is 164 Å². The minimum absolute atomic E-state index is 0.00142. The first-order valence-corrected chi connectivity index (χ1v) is 9.09. The van der Waals surface area contributed by atoms with Crippen LogP contribution in [0.25, 0.3) is 22.2 Å². The summed E-state index contributed by atoms with van der Waals surface area (Å²) in [4.78, 5) is 21.9. The van der Waals surface area contributed by atoms with Crippen molar-refractivity contribution in [2.24, 2.45) is 7.05 Å². The van der Waals surface area contributed by atoms with Crippen LogP contribution in [0.15, 0.2) is 18.7 Å². The third-order valence-electron chi connectivity index (χ3n) is 5.33. The van der Waals surface area contributed by atoms with Gasteiger partial charge in [0.25, 0.3) is 0 Å². The molecule has 1 atom stereocenters. The second-order valence-corrected chi connectivity index (χ2v) is 7.27. The Morgan fingerprint density at radius 1 is 1.34 bits per heavy atom. The Bertz CT molecular complexity index is 1090. The molecular weight excluding hydrogens is 387 g/mol. The third kappa shape index (κ3) is 3.40. The maximum absolute atomic E-state index is 12.8. The Kier molecular flexibility index (Phi) is 4.47. The van der Waals surface area contributed by atoms with E-state index in [0.717, 1.165) is 16.8 Å². The lowest BCUT2D eigenvalue weighted by Gasteiger charge is -2.16. The number of nitrogens with two attached hydrogens (primary N) is 1. The molecule has 1 unspecified atom stereocenters. The predicted molar refractivity (Wildman–Crippen MR) is 99.8 cm³/mol. The van der Waals surface area contributed by atoms with Crippen LogP contribution in [0.2, 0.25) is 0 Å². The highest BCUT2D eigenvalue weighted by molar-refractivity contribution is 6.02. The lowest BCUT2D eigenvalue weighted by Crippen LogP contribution is -2.25. The number of nitrogen functional groups attached to an aromatic ring is 1. The van der Waals surface area contributed by atoms with Gasteiger partial charge in [0.2, 0.25) is 5.91 Å². The summed E-state index contributed by atoms with van der Waals surface area (Å²) in [5, 5.41) is 4.46. The lowest BCUT2D eigenvalue weighted by molar-refractivity contribution is -0.142. The van der Waals surface area contributed by atoms with Crippen molar-refractivity contribution in [3.63, 3.8) is 0 Å². The van der Waals surface area contributed by atoms with Gasteiger partial charge in [-0.25, -0.2) is 9.97 Å². The van der Waals surface area contributed by atoms with Gasteiger partial charge >= 0.3 is 6.18 Å². The summed E-state index contributed by atoms with van der Waals surface area (Å²) in [6, 6.07) is 0. The monoisotopic (exact) mass is 407 g/mol. The topological polar surface area (TPSA) is 94.9 Å². The smallest absolute Gasteiger partial charge is 0.383 e. The maximum Gasteiger partial charge on any atom is 0.408 e. The van der Waals surface area contributed by atoms with Crippen molar-refractivity contribution in [3.05, 3.63) is 24.4 Å². The Morgan fingerprint density at radius 3 is 2.76 bits per heavy atom. The molecule has 3 aromatic rings. The zero-order valence-electron chi connectivity index (χ0n) is 15.9. The maximum atomic E-state index is 12.8. The summed E-state index contributed by atoms with van der Waals surface area (Å²) >= 11 is 0. The first kappa shape index (κ1) is 19.2. The van der Waals surface area contributed by atoms with Crippen LogP contribution in [-0.2, 0) is 18.4 Å². The van der Waals surface area contributed by atoms with Crippen LogP contribution in [0.4, 0.5) is 19.0 Å². The van der Waals surface area contributed by atoms with Crippen molar-refractivity contribution in [2.45, 2.75) is 32.0 Å². The van der Waals surface area contributed by atoms with Crippen molar-refractivity contribution in [3.8, 4) is 11.1 Å². The number of hydrogen-bond acceptors (Lipinski definition) is 5. The molecule has 11 heteroatoms. The highest BCUT2D eigenvalue weighted by Gasteiger charge is 2.33. The molecule has 29 heavy (non-hydrogen) atoms. The third-order valence-corrected chi connectivity index (χ3v) is 5.33. The average Bonchev–Trinajstić information content (AvgIpc) is 3.32. The fraction of sp³-hybridized carbons (Fsp3) is 0.444. The summed E-state index contributed by atoms with van der Waals surface area (Å²) in [6.07, 6.45) is 0.472. The number of aromatic nitrogens is 5. The number of amides is 1. The van der Waals surface area contributed by atoms with E-state index in [1.165, 1.54) is 25.6 Å². The van der Waals surface area contributed by atoms with Gasteiger partial charge in [-0.05, 0) is 6.42 Å². The quantitative estimate of drug-likeness (QED) is 0.719. The summed E-state index contributed by atoms with van der Waals surface area (Å²) in [5.41, 5.74) is 8.76. The van der Waals surface area contributed by atoms with Gasteiger partial charge in [-0.3, -0.25) is 9.48 Å². The molecule has 0 bridgehead atoms. The molecule has 0 spiro atoms. The molecule has 1 aliphatic rings. The minimum Gasteiger partial charge on any atom is -0.383 e. The number of nitrogens with zero attached hydrogens (tertiary/aromatic N) is 6. The number of aryl methyl sites for hydroxylation is 1. The summed E-state index contributed by atoms with van der Waals surface area (Å²) in [6.45, 7) is 1.49. The number of hydrogen-bond donors (Lipinski definition) is 1. The zero-order valence-corrected chi connectivity index (χ0v) is 15.9. The van der Waals surface area contributed by atoms with Crippen molar-refractivity contribution in [2.75, 3.05) is 18.8 Å². The van der Waals surface area contributed by atoms with Crippen molar-refractivity contribution in [1.29, 1.82) is 0 Å². The fourth-order valence-corrected chi connectivity index (χ4v) is 4.10. The van der Waals surface area contributed by atoms with Gasteiger partial charge in [-0.15, -0.1) is 0 Å². The average molecular weight is 407 g/mol. The van der Waals surface area contributed by atoms with Crippen LogP contribution in [0.1, 0.15) is 25.0 Å². The molecule has 0 aromatic carbocycles. The summed E-state index contributed by atoms with van der Waals surface area (Å²) < 4.78 is 41.1. The lowest BCUT2D eigenvalue weighted by atomic mass is 9.96. The first-order chi connectivity index (χ1) is 13.7. The molecular formula is C18H20F3N7O. The van der Waals surface area contributed by atoms with E-state index in [-0.39, 0.29) is 17.6 Å². The van der Waals surface area contributed by atoms with E-state index in [9.17, 15) is 18.0 Å². The number of rotatable bonds is 3. The van der Waals surface area contributed by atoms with Crippen LogP contribution >= 0.6 is 0 Å². The van der Waals surface area contributed by atoms with Gasteiger partial charge in [0.1, 0.15) is 24.3 Å². The van der Waals surface area contributed by atoms with E-state index in [2.05, 4.69) is 15.1 Å². The van der Waals surface area contributed by atoms with Crippen LogP contribution in [0.5, 0.6) is 0 Å². The van der Waals surface area contributed by atoms with Crippen LogP contribution in [0, 0.1) is 0 Å². The molecule has 0 radical (unpaired) electrons. The number of anilines is 1. The number of halogens is 3. The molecule has 3 aromatic heterocycles. The number of carbonyl (C=O) groups excluding carboxylic acids is 1. The molecule has 1 aliphatic heterocycles. The molecule has 4 rings (SSSR count). The Hall–Kier alpha value is -3.11. The zero-order chi connectivity index (χ0) is 20.9. The predicted octanol–water partition coefficient (Wildman–Crippen LogP) is 2.31. The number of alkyl halides is 3. The van der Waals surface area contributed by atoms with Crippen LogP contribution in [-0.4, -0.2) is 54.4 Å². The van der Waals surface area contributed by atoms with E-state index in [1.54, 1.807) is 4.90 Å². The minimum atomic E-state index is -4.37. The normalized spacial score (nSPS) is 17.4.